The van der Waals surface area contributed by atoms with Gasteiger partial charge in [-0.1, -0.05) is 85.0 Å². The molecule has 0 aromatic heterocycles. The Hall–Kier alpha value is -4.12. The van der Waals surface area contributed by atoms with Gasteiger partial charge in [0.1, 0.15) is 24.7 Å². The maximum atomic E-state index is 9.36. The zero-order valence-corrected chi connectivity index (χ0v) is 22.4. The number of hydrogen-bond acceptors (Lipinski definition) is 4. The lowest BCUT2D eigenvalue weighted by atomic mass is 9.67. The van der Waals surface area contributed by atoms with Crippen molar-refractivity contribution in [3.8, 4) is 22.6 Å². The lowest BCUT2D eigenvalue weighted by Gasteiger charge is -2.34. The number of aliphatic hydroxyl groups is 2. The summed E-state index contributed by atoms with van der Waals surface area (Å²) in [6.07, 6.45) is 8.11. The summed E-state index contributed by atoms with van der Waals surface area (Å²) in [5.74, 6) is 1.48. The van der Waals surface area contributed by atoms with Crippen molar-refractivity contribution in [1.82, 2.24) is 0 Å². The SMILES string of the molecule is CC=Cc1cc(C2(c3ccc(OCCO)c(C=CC)c3)c3ccccc3-c3ccccc32)ccc1OCCO. The minimum atomic E-state index is -0.579. The van der Waals surface area contributed by atoms with Gasteiger partial charge in [0.2, 0.25) is 0 Å². The molecule has 0 heterocycles. The normalized spacial score (nSPS) is 13.5. The molecular formula is C35H34O4. The summed E-state index contributed by atoms with van der Waals surface area (Å²) < 4.78 is 11.8. The fraction of sp³-hybridized carbons (Fsp3) is 0.200. The molecule has 0 radical (unpaired) electrons. The molecule has 1 aliphatic carbocycles. The van der Waals surface area contributed by atoms with Crippen LogP contribution >= 0.6 is 0 Å². The number of aliphatic hydroxyl groups excluding tert-OH is 2. The molecule has 0 fully saturated rings. The van der Waals surface area contributed by atoms with E-state index >= 15 is 0 Å². The van der Waals surface area contributed by atoms with Crippen molar-refractivity contribution in [2.45, 2.75) is 19.3 Å². The van der Waals surface area contributed by atoms with E-state index in [1.807, 2.05) is 50.3 Å². The zero-order chi connectivity index (χ0) is 27.2. The van der Waals surface area contributed by atoms with E-state index in [2.05, 4.69) is 72.8 Å². The fourth-order valence-corrected chi connectivity index (χ4v) is 5.78. The summed E-state index contributed by atoms with van der Waals surface area (Å²) >= 11 is 0. The molecule has 5 rings (SSSR count). The van der Waals surface area contributed by atoms with Crippen molar-refractivity contribution < 1.29 is 19.7 Å². The molecule has 4 aromatic rings. The number of allylic oxidation sites excluding steroid dienone is 2. The van der Waals surface area contributed by atoms with Crippen molar-refractivity contribution in [3.05, 3.63) is 130 Å². The second kappa shape index (κ2) is 11.7. The summed E-state index contributed by atoms with van der Waals surface area (Å²) in [6, 6.07) is 30.0. The molecule has 39 heavy (non-hydrogen) atoms. The second-order valence-corrected chi connectivity index (χ2v) is 9.49. The molecule has 0 spiro atoms. The topological polar surface area (TPSA) is 58.9 Å². The Balaban J connectivity index is 1.84. The highest BCUT2D eigenvalue weighted by Crippen LogP contribution is 2.56. The highest BCUT2D eigenvalue weighted by atomic mass is 16.5. The van der Waals surface area contributed by atoms with Gasteiger partial charge in [0, 0.05) is 11.1 Å². The average Bonchev–Trinajstić information content (AvgIpc) is 3.27. The summed E-state index contributed by atoms with van der Waals surface area (Å²) in [6.45, 7) is 4.38. The minimum absolute atomic E-state index is 0.0415. The fourth-order valence-electron chi connectivity index (χ4n) is 5.78. The molecule has 4 heteroatoms. The molecule has 0 bridgehead atoms. The third-order valence-electron chi connectivity index (χ3n) is 7.23. The van der Waals surface area contributed by atoms with Gasteiger partial charge < -0.3 is 19.7 Å². The first-order valence-corrected chi connectivity index (χ1v) is 13.4. The van der Waals surface area contributed by atoms with Crippen LogP contribution in [0, 0.1) is 0 Å². The van der Waals surface area contributed by atoms with Crippen LogP contribution in [-0.4, -0.2) is 36.6 Å². The number of hydrogen-bond donors (Lipinski definition) is 2. The molecule has 2 N–H and O–H groups in total. The minimum Gasteiger partial charge on any atom is -0.491 e. The van der Waals surface area contributed by atoms with E-state index in [1.54, 1.807) is 0 Å². The van der Waals surface area contributed by atoms with Crippen molar-refractivity contribution in [1.29, 1.82) is 0 Å². The summed E-state index contributed by atoms with van der Waals surface area (Å²) in [5.41, 5.74) is 8.46. The van der Waals surface area contributed by atoms with Gasteiger partial charge in [-0.2, -0.15) is 0 Å². The average molecular weight is 519 g/mol. The van der Waals surface area contributed by atoms with E-state index in [1.165, 1.54) is 22.3 Å². The van der Waals surface area contributed by atoms with E-state index in [0.717, 1.165) is 33.8 Å². The van der Waals surface area contributed by atoms with E-state index < -0.39 is 5.41 Å². The Morgan fingerprint density at radius 2 is 1.05 bits per heavy atom. The maximum absolute atomic E-state index is 9.36. The van der Waals surface area contributed by atoms with Crippen LogP contribution in [0.15, 0.2) is 97.1 Å². The van der Waals surface area contributed by atoms with Crippen LogP contribution < -0.4 is 9.47 Å². The maximum Gasteiger partial charge on any atom is 0.126 e. The molecule has 198 valence electrons. The first-order valence-electron chi connectivity index (χ1n) is 13.4. The smallest absolute Gasteiger partial charge is 0.126 e. The van der Waals surface area contributed by atoms with Crippen molar-refractivity contribution in [3.63, 3.8) is 0 Å². The Bertz CT molecular complexity index is 1400. The van der Waals surface area contributed by atoms with E-state index in [4.69, 9.17) is 9.47 Å². The molecule has 0 aliphatic heterocycles. The molecule has 0 amide bonds. The van der Waals surface area contributed by atoms with Gasteiger partial charge in [-0.05, 0) is 71.5 Å². The molecule has 0 saturated carbocycles. The Morgan fingerprint density at radius 3 is 1.46 bits per heavy atom. The predicted octanol–water partition coefficient (Wildman–Crippen LogP) is 6.86. The molecule has 4 aromatic carbocycles. The molecule has 0 saturated heterocycles. The van der Waals surface area contributed by atoms with Gasteiger partial charge in [-0.3, -0.25) is 0 Å². The van der Waals surface area contributed by atoms with Crippen LogP contribution in [0.25, 0.3) is 23.3 Å². The molecule has 0 atom stereocenters. The standard InChI is InChI=1S/C35H34O4/c1-3-9-25-23-27(15-17-33(25)38-21-19-36)35(28-16-18-34(39-22-20-37)26(24-28)10-4-2)31-13-7-5-11-29(31)30-12-6-8-14-32(30)35/h3-18,23-24,36-37H,19-22H2,1-2H3. The van der Waals surface area contributed by atoms with E-state index in [0.29, 0.717) is 0 Å². The van der Waals surface area contributed by atoms with Gasteiger partial charge in [-0.25, -0.2) is 0 Å². The second-order valence-electron chi connectivity index (χ2n) is 9.49. The highest BCUT2D eigenvalue weighted by Gasteiger charge is 2.46. The third kappa shape index (κ3) is 4.67. The van der Waals surface area contributed by atoms with Crippen LogP contribution in [0.1, 0.15) is 47.2 Å². The van der Waals surface area contributed by atoms with E-state index in [-0.39, 0.29) is 26.4 Å². The van der Waals surface area contributed by atoms with Crippen LogP contribution in [0.5, 0.6) is 11.5 Å². The molecule has 0 unspecified atom stereocenters. The third-order valence-corrected chi connectivity index (χ3v) is 7.23. The van der Waals surface area contributed by atoms with E-state index in [9.17, 15) is 10.2 Å². The van der Waals surface area contributed by atoms with Crippen LogP contribution in [0.3, 0.4) is 0 Å². The first-order chi connectivity index (χ1) is 19.2. The number of benzene rings is 4. The van der Waals surface area contributed by atoms with Gasteiger partial charge in [0.15, 0.2) is 0 Å². The predicted molar refractivity (Wildman–Crippen MR) is 158 cm³/mol. The lowest BCUT2D eigenvalue weighted by Crippen LogP contribution is -2.29. The summed E-state index contributed by atoms with van der Waals surface area (Å²) in [4.78, 5) is 0. The van der Waals surface area contributed by atoms with Gasteiger partial charge >= 0.3 is 0 Å². The first kappa shape index (κ1) is 26.5. The highest BCUT2D eigenvalue weighted by molar-refractivity contribution is 5.87. The van der Waals surface area contributed by atoms with Gasteiger partial charge in [0.05, 0.1) is 18.6 Å². The van der Waals surface area contributed by atoms with Crippen LogP contribution in [0.4, 0.5) is 0 Å². The number of ether oxygens (including phenoxy) is 2. The Morgan fingerprint density at radius 1 is 0.615 bits per heavy atom. The number of rotatable bonds is 10. The zero-order valence-electron chi connectivity index (χ0n) is 22.4. The van der Waals surface area contributed by atoms with Gasteiger partial charge in [-0.15, -0.1) is 0 Å². The van der Waals surface area contributed by atoms with Gasteiger partial charge in [0.25, 0.3) is 0 Å². The van der Waals surface area contributed by atoms with Crippen molar-refractivity contribution in [2.75, 3.05) is 26.4 Å². The quantitative estimate of drug-likeness (QED) is 0.212. The Kier molecular flexibility index (Phi) is 7.97. The monoisotopic (exact) mass is 518 g/mol. The van der Waals surface area contributed by atoms with Crippen LogP contribution in [-0.2, 0) is 5.41 Å². The molecule has 4 nitrogen and oxygen atoms in total. The Labute approximate surface area is 230 Å². The van der Waals surface area contributed by atoms with Crippen molar-refractivity contribution >= 4 is 12.2 Å². The number of fused-ring (bicyclic) bond motifs is 3. The summed E-state index contributed by atoms with van der Waals surface area (Å²) in [7, 11) is 0. The van der Waals surface area contributed by atoms with Crippen LogP contribution in [0.2, 0.25) is 0 Å². The van der Waals surface area contributed by atoms with Crippen molar-refractivity contribution in [2.24, 2.45) is 0 Å². The lowest BCUT2D eigenvalue weighted by molar-refractivity contribution is 0.201. The summed E-state index contributed by atoms with van der Waals surface area (Å²) in [5, 5.41) is 18.7. The molecular weight excluding hydrogens is 484 g/mol. The molecule has 1 aliphatic rings. The largest absolute Gasteiger partial charge is 0.491 e.